The minimum absolute atomic E-state index is 0.302. The fourth-order valence-electron chi connectivity index (χ4n) is 2.53. The van der Waals surface area contributed by atoms with Gasteiger partial charge in [0.05, 0.1) is 10.0 Å². The Morgan fingerprint density at radius 2 is 2.11 bits per heavy atom. The van der Waals surface area contributed by atoms with E-state index in [2.05, 4.69) is 24.2 Å². The molecule has 0 spiro atoms. The Morgan fingerprint density at radius 1 is 1.33 bits per heavy atom. The molecule has 0 aliphatic carbocycles. The second-order valence-corrected chi connectivity index (χ2v) is 5.98. The molecule has 1 N–H and O–H groups in total. The van der Waals surface area contributed by atoms with E-state index in [0.717, 1.165) is 6.54 Å². The number of likely N-dealkylation sites (tertiary alicyclic amines) is 1. The van der Waals surface area contributed by atoms with Crippen molar-refractivity contribution in [2.75, 3.05) is 20.1 Å². The Balaban J connectivity index is 1.98. The lowest BCUT2D eigenvalue weighted by Gasteiger charge is -2.32. The molecule has 0 radical (unpaired) electrons. The van der Waals surface area contributed by atoms with Gasteiger partial charge in [-0.05, 0) is 51.1 Å². The number of nitrogens with one attached hydrogen (secondary N) is 1. The van der Waals surface area contributed by atoms with Crippen LogP contribution in [-0.2, 0) is 0 Å². The van der Waals surface area contributed by atoms with E-state index >= 15 is 0 Å². The SMILES string of the molecule is CC(NC1CCCN(C)C1)c1ccc(Cl)c(Cl)c1. The zero-order valence-electron chi connectivity index (χ0n) is 10.9. The molecular formula is C14H20Cl2N2. The molecule has 0 aromatic heterocycles. The topological polar surface area (TPSA) is 15.3 Å². The molecule has 1 aromatic carbocycles. The van der Waals surface area contributed by atoms with Crippen molar-refractivity contribution >= 4 is 23.2 Å². The molecular weight excluding hydrogens is 267 g/mol. The van der Waals surface area contributed by atoms with E-state index < -0.39 is 0 Å². The first-order valence-corrected chi connectivity index (χ1v) is 7.21. The third-order valence-corrected chi connectivity index (χ3v) is 4.29. The lowest BCUT2D eigenvalue weighted by Crippen LogP contribution is -2.44. The van der Waals surface area contributed by atoms with E-state index in [4.69, 9.17) is 23.2 Å². The van der Waals surface area contributed by atoms with Gasteiger partial charge in [-0.25, -0.2) is 0 Å². The maximum absolute atomic E-state index is 6.06. The van der Waals surface area contributed by atoms with Gasteiger partial charge in [0.2, 0.25) is 0 Å². The van der Waals surface area contributed by atoms with Crippen LogP contribution in [0.3, 0.4) is 0 Å². The fourth-order valence-corrected chi connectivity index (χ4v) is 2.84. The Bertz CT molecular complexity index is 409. The summed E-state index contributed by atoms with van der Waals surface area (Å²) in [6, 6.07) is 6.72. The smallest absolute Gasteiger partial charge is 0.0595 e. The molecule has 2 nitrogen and oxygen atoms in total. The van der Waals surface area contributed by atoms with Gasteiger partial charge < -0.3 is 10.2 Å². The summed E-state index contributed by atoms with van der Waals surface area (Å²) in [4.78, 5) is 2.38. The van der Waals surface area contributed by atoms with Crippen molar-refractivity contribution < 1.29 is 0 Å². The van der Waals surface area contributed by atoms with Crippen LogP contribution in [0.25, 0.3) is 0 Å². The monoisotopic (exact) mass is 286 g/mol. The largest absolute Gasteiger partial charge is 0.306 e. The summed E-state index contributed by atoms with van der Waals surface area (Å²) in [7, 11) is 2.18. The quantitative estimate of drug-likeness (QED) is 0.911. The highest BCUT2D eigenvalue weighted by Crippen LogP contribution is 2.26. The summed E-state index contributed by atoms with van der Waals surface area (Å²) < 4.78 is 0. The molecule has 1 fully saturated rings. The van der Waals surface area contributed by atoms with Crippen LogP contribution in [0.2, 0.25) is 10.0 Å². The van der Waals surface area contributed by atoms with Crippen LogP contribution < -0.4 is 5.32 Å². The van der Waals surface area contributed by atoms with Crippen LogP contribution in [0.4, 0.5) is 0 Å². The van der Waals surface area contributed by atoms with Crippen LogP contribution >= 0.6 is 23.2 Å². The van der Waals surface area contributed by atoms with Gasteiger partial charge in [0.1, 0.15) is 0 Å². The van der Waals surface area contributed by atoms with Gasteiger partial charge in [-0.1, -0.05) is 29.3 Å². The van der Waals surface area contributed by atoms with Crippen LogP contribution in [0.1, 0.15) is 31.4 Å². The normalized spacial score (nSPS) is 23.0. The summed E-state index contributed by atoms with van der Waals surface area (Å²) in [6.45, 7) is 4.50. The van der Waals surface area contributed by atoms with Crippen molar-refractivity contribution in [3.63, 3.8) is 0 Å². The number of hydrogen-bond donors (Lipinski definition) is 1. The van der Waals surface area contributed by atoms with Crippen LogP contribution in [0.15, 0.2) is 18.2 Å². The van der Waals surface area contributed by atoms with Gasteiger partial charge >= 0.3 is 0 Å². The van der Waals surface area contributed by atoms with Gasteiger partial charge in [0, 0.05) is 18.6 Å². The van der Waals surface area contributed by atoms with E-state index in [-0.39, 0.29) is 0 Å². The first kappa shape index (κ1) is 14.1. The van der Waals surface area contributed by atoms with Crippen LogP contribution in [0.5, 0.6) is 0 Å². The van der Waals surface area contributed by atoms with Crippen molar-refractivity contribution in [2.24, 2.45) is 0 Å². The highest BCUT2D eigenvalue weighted by atomic mass is 35.5. The Morgan fingerprint density at radius 3 is 2.78 bits per heavy atom. The molecule has 2 unspecified atom stereocenters. The fraction of sp³-hybridized carbons (Fsp3) is 0.571. The molecule has 1 aromatic rings. The zero-order valence-corrected chi connectivity index (χ0v) is 12.4. The van der Waals surface area contributed by atoms with E-state index in [0.29, 0.717) is 22.1 Å². The Kier molecular flexibility index (Phi) is 4.91. The molecule has 1 aliphatic heterocycles. The minimum atomic E-state index is 0.302. The maximum Gasteiger partial charge on any atom is 0.0595 e. The van der Waals surface area contributed by atoms with Gasteiger partial charge in [-0.3, -0.25) is 0 Å². The molecule has 0 bridgehead atoms. The summed E-state index contributed by atoms with van der Waals surface area (Å²) in [6.07, 6.45) is 2.51. The second-order valence-electron chi connectivity index (χ2n) is 5.16. The number of halogens is 2. The predicted octanol–water partition coefficient (Wildman–Crippen LogP) is 3.74. The third kappa shape index (κ3) is 3.61. The second kappa shape index (κ2) is 6.25. The molecule has 1 heterocycles. The van der Waals surface area contributed by atoms with E-state index in [9.17, 15) is 0 Å². The molecule has 4 heteroatoms. The van der Waals surface area contributed by atoms with Crippen molar-refractivity contribution in [3.8, 4) is 0 Å². The van der Waals surface area contributed by atoms with E-state index in [1.54, 1.807) is 0 Å². The van der Waals surface area contributed by atoms with Crippen molar-refractivity contribution in [1.82, 2.24) is 10.2 Å². The van der Waals surface area contributed by atoms with Crippen molar-refractivity contribution in [2.45, 2.75) is 31.8 Å². The van der Waals surface area contributed by atoms with E-state index in [1.165, 1.54) is 24.9 Å². The Labute approximate surface area is 119 Å². The standard InChI is InChI=1S/C14H20Cl2N2/c1-10(11-5-6-13(15)14(16)8-11)17-12-4-3-7-18(2)9-12/h5-6,8,10,12,17H,3-4,7,9H2,1-2H3. The molecule has 18 heavy (non-hydrogen) atoms. The average molecular weight is 287 g/mol. The molecule has 100 valence electrons. The highest BCUT2D eigenvalue weighted by Gasteiger charge is 2.19. The van der Waals surface area contributed by atoms with Gasteiger partial charge in [0.15, 0.2) is 0 Å². The van der Waals surface area contributed by atoms with E-state index in [1.807, 2.05) is 18.2 Å². The number of likely N-dealkylation sites (N-methyl/N-ethyl adjacent to an activating group) is 1. The molecule has 1 saturated heterocycles. The van der Waals surface area contributed by atoms with Crippen LogP contribution in [-0.4, -0.2) is 31.1 Å². The number of nitrogens with zero attached hydrogens (tertiary/aromatic N) is 1. The number of rotatable bonds is 3. The van der Waals surface area contributed by atoms with Gasteiger partial charge in [0.25, 0.3) is 0 Å². The number of piperidine rings is 1. The van der Waals surface area contributed by atoms with Crippen molar-refractivity contribution in [3.05, 3.63) is 33.8 Å². The lowest BCUT2D eigenvalue weighted by molar-refractivity contribution is 0.218. The number of hydrogen-bond acceptors (Lipinski definition) is 2. The summed E-state index contributed by atoms with van der Waals surface area (Å²) in [5, 5.41) is 4.91. The first-order chi connectivity index (χ1) is 8.56. The Hall–Kier alpha value is -0.280. The van der Waals surface area contributed by atoms with Crippen molar-refractivity contribution in [1.29, 1.82) is 0 Å². The predicted molar refractivity (Wildman–Crippen MR) is 78.5 cm³/mol. The summed E-state index contributed by atoms with van der Waals surface area (Å²) in [5.74, 6) is 0. The molecule has 0 saturated carbocycles. The molecule has 1 aliphatic rings. The molecule has 0 amide bonds. The van der Waals surface area contributed by atoms with Gasteiger partial charge in [-0.15, -0.1) is 0 Å². The minimum Gasteiger partial charge on any atom is -0.306 e. The lowest BCUT2D eigenvalue weighted by atomic mass is 10.0. The summed E-state index contributed by atoms with van der Waals surface area (Å²) >= 11 is 12.0. The first-order valence-electron chi connectivity index (χ1n) is 6.46. The molecule has 2 rings (SSSR count). The average Bonchev–Trinajstić information content (AvgIpc) is 2.32. The maximum atomic E-state index is 6.06. The third-order valence-electron chi connectivity index (χ3n) is 3.55. The summed E-state index contributed by atoms with van der Waals surface area (Å²) in [5.41, 5.74) is 1.19. The van der Waals surface area contributed by atoms with Gasteiger partial charge in [-0.2, -0.15) is 0 Å². The van der Waals surface area contributed by atoms with Crippen LogP contribution in [0, 0.1) is 0 Å². The zero-order chi connectivity index (χ0) is 13.1. The highest BCUT2D eigenvalue weighted by molar-refractivity contribution is 6.42. The molecule has 2 atom stereocenters. The number of benzene rings is 1.